The molecule has 1 aliphatic heterocycles. The Kier molecular flexibility index (Phi) is 3.46. The molecule has 3 aliphatic rings. The highest BCUT2D eigenvalue weighted by Crippen LogP contribution is 2.48. The Morgan fingerprint density at radius 3 is 2.89 bits per heavy atom. The molecule has 0 aromatic carbocycles. The summed E-state index contributed by atoms with van der Waals surface area (Å²) in [6.45, 7) is 4.64. The molecular weight excluding hydrogens is 246 g/mol. The summed E-state index contributed by atoms with van der Waals surface area (Å²) in [4.78, 5) is 2.45. The molecule has 1 saturated carbocycles. The number of alkyl halides is 1. The number of aliphatic hydroxyl groups is 1. The lowest BCUT2D eigenvalue weighted by Crippen LogP contribution is -2.42. The molecule has 0 amide bonds. The molecule has 0 bridgehead atoms. The third-order valence-corrected chi connectivity index (χ3v) is 5.55. The summed E-state index contributed by atoms with van der Waals surface area (Å²) >= 11 is 6.37. The van der Waals surface area contributed by atoms with Crippen LogP contribution in [0.5, 0.6) is 0 Å². The summed E-state index contributed by atoms with van der Waals surface area (Å²) in [5, 5.41) is 10.4. The van der Waals surface area contributed by atoms with Gasteiger partial charge in [0.2, 0.25) is 0 Å². The standard InChI is InChI=1S/C15H24ClNO/c1-9-5-11-8-17(2)4-3-10-7-13(16)15(18)12(6-9)14(10)11/h9,11-13,15,18H,3-8H2,1-2H3. The van der Waals surface area contributed by atoms with Gasteiger partial charge in [-0.2, -0.15) is 0 Å². The van der Waals surface area contributed by atoms with E-state index in [1.54, 1.807) is 11.1 Å². The first-order valence-electron chi connectivity index (χ1n) is 7.28. The lowest BCUT2D eigenvalue weighted by atomic mass is 9.65. The van der Waals surface area contributed by atoms with Crippen LogP contribution in [0.3, 0.4) is 0 Å². The summed E-state index contributed by atoms with van der Waals surface area (Å²) in [7, 11) is 2.22. The number of rotatable bonds is 0. The van der Waals surface area contributed by atoms with Crippen molar-refractivity contribution in [3.8, 4) is 0 Å². The molecule has 0 saturated heterocycles. The van der Waals surface area contributed by atoms with Crippen molar-refractivity contribution in [2.75, 3.05) is 20.1 Å². The van der Waals surface area contributed by atoms with Crippen molar-refractivity contribution >= 4 is 11.6 Å². The fraction of sp³-hybridized carbons (Fsp3) is 0.867. The first kappa shape index (κ1) is 13.0. The minimum atomic E-state index is -0.320. The van der Waals surface area contributed by atoms with E-state index in [0.717, 1.165) is 25.8 Å². The number of hydrogen-bond acceptors (Lipinski definition) is 2. The van der Waals surface area contributed by atoms with Crippen LogP contribution in [-0.2, 0) is 0 Å². The molecule has 18 heavy (non-hydrogen) atoms. The summed E-state index contributed by atoms with van der Waals surface area (Å²) in [6, 6.07) is 0. The number of halogens is 1. The molecule has 1 fully saturated rings. The van der Waals surface area contributed by atoms with E-state index in [-0.39, 0.29) is 11.5 Å². The lowest BCUT2D eigenvalue weighted by molar-refractivity contribution is 0.0737. The van der Waals surface area contributed by atoms with Crippen molar-refractivity contribution in [3.05, 3.63) is 11.1 Å². The van der Waals surface area contributed by atoms with Gasteiger partial charge in [0.25, 0.3) is 0 Å². The molecule has 5 atom stereocenters. The van der Waals surface area contributed by atoms with E-state index in [4.69, 9.17) is 11.6 Å². The van der Waals surface area contributed by atoms with E-state index in [1.165, 1.54) is 13.0 Å². The van der Waals surface area contributed by atoms with Crippen LogP contribution in [0.1, 0.15) is 32.6 Å². The average Bonchev–Trinajstić information content (AvgIpc) is 2.45. The summed E-state index contributed by atoms with van der Waals surface area (Å²) in [5.74, 6) is 1.73. The van der Waals surface area contributed by atoms with Gasteiger partial charge >= 0.3 is 0 Å². The minimum Gasteiger partial charge on any atom is -0.391 e. The van der Waals surface area contributed by atoms with Crippen LogP contribution in [0, 0.1) is 17.8 Å². The van der Waals surface area contributed by atoms with Crippen molar-refractivity contribution in [2.24, 2.45) is 17.8 Å². The molecule has 3 heteroatoms. The van der Waals surface area contributed by atoms with Gasteiger partial charge < -0.3 is 10.0 Å². The molecule has 1 heterocycles. The predicted molar refractivity (Wildman–Crippen MR) is 74.8 cm³/mol. The van der Waals surface area contributed by atoms with Gasteiger partial charge in [0.15, 0.2) is 0 Å². The van der Waals surface area contributed by atoms with E-state index < -0.39 is 0 Å². The molecule has 2 aliphatic carbocycles. The smallest absolute Gasteiger partial charge is 0.0772 e. The van der Waals surface area contributed by atoms with Crippen LogP contribution in [0.15, 0.2) is 11.1 Å². The maximum atomic E-state index is 10.4. The maximum Gasteiger partial charge on any atom is 0.0772 e. The molecule has 0 aromatic rings. The normalized spacial score (nSPS) is 45.7. The van der Waals surface area contributed by atoms with E-state index >= 15 is 0 Å². The Hall–Kier alpha value is -0.0500. The molecule has 5 unspecified atom stereocenters. The molecule has 3 rings (SSSR count). The van der Waals surface area contributed by atoms with Crippen LogP contribution < -0.4 is 0 Å². The fourth-order valence-electron chi connectivity index (χ4n) is 4.39. The first-order chi connectivity index (χ1) is 8.56. The van der Waals surface area contributed by atoms with Crippen LogP contribution in [0.25, 0.3) is 0 Å². The molecule has 0 radical (unpaired) electrons. The summed E-state index contributed by atoms with van der Waals surface area (Å²) in [6.07, 6.45) is 4.17. The lowest BCUT2D eigenvalue weighted by Gasteiger charge is -2.44. The number of aliphatic hydroxyl groups excluding tert-OH is 1. The van der Waals surface area contributed by atoms with Gasteiger partial charge in [0, 0.05) is 19.0 Å². The van der Waals surface area contributed by atoms with Gasteiger partial charge in [0.05, 0.1) is 11.5 Å². The summed E-state index contributed by atoms with van der Waals surface area (Å²) in [5.41, 5.74) is 3.17. The van der Waals surface area contributed by atoms with E-state index in [2.05, 4.69) is 18.9 Å². The first-order valence-corrected chi connectivity index (χ1v) is 7.72. The fourth-order valence-corrected chi connectivity index (χ4v) is 4.75. The third-order valence-electron chi connectivity index (χ3n) is 5.14. The Morgan fingerprint density at radius 1 is 1.33 bits per heavy atom. The minimum absolute atomic E-state index is 0.0666. The van der Waals surface area contributed by atoms with Crippen LogP contribution in [0.4, 0.5) is 0 Å². The largest absolute Gasteiger partial charge is 0.391 e. The highest BCUT2D eigenvalue weighted by atomic mass is 35.5. The molecule has 0 spiro atoms. The van der Waals surface area contributed by atoms with Crippen LogP contribution in [-0.4, -0.2) is 41.6 Å². The SMILES string of the molecule is CC1CC2CN(C)CCC3=C2C(C1)C(O)C(Cl)C3. The Bertz CT molecular complexity index is 368. The van der Waals surface area contributed by atoms with Gasteiger partial charge in [0.1, 0.15) is 0 Å². The molecule has 1 N–H and O–H groups in total. The second-order valence-corrected chi connectivity index (χ2v) is 7.22. The quantitative estimate of drug-likeness (QED) is 0.540. The van der Waals surface area contributed by atoms with Crippen LogP contribution >= 0.6 is 11.6 Å². The van der Waals surface area contributed by atoms with Gasteiger partial charge in [-0.1, -0.05) is 18.1 Å². The summed E-state index contributed by atoms with van der Waals surface area (Å²) < 4.78 is 0. The second-order valence-electron chi connectivity index (χ2n) is 6.66. The van der Waals surface area contributed by atoms with Gasteiger partial charge in [-0.25, -0.2) is 0 Å². The highest BCUT2D eigenvalue weighted by Gasteiger charge is 2.43. The Labute approximate surface area is 115 Å². The zero-order valence-electron chi connectivity index (χ0n) is 11.4. The molecule has 0 aromatic heterocycles. The van der Waals surface area contributed by atoms with E-state index in [1.807, 2.05) is 0 Å². The monoisotopic (exact) mass is 269 g/mol. The third kappa shape index (κ3) is 2.13. The topological polar surface area (TPSA) is 23.5 Å². The van der Waals surface area contributed by atoms with Crippen molar-refractivity contribution in [2.45, 2.75) is 44.1 Å². The molecule has 2 nitrogen and oxygen atoms in total. The zero-order valence-corrected chi connectivity index (χ0v) is 12.2. The molecule has 102 valence electrons. The van der Waals surface area contributed by atoms with Crippen molar-refractivity contribution in [1.82, 2.24) is 4.90 Å². The average molecular weight is 270 g/mol. The highest BCUT2D eigenvalue weighted by molar-refractivity contribution is 6.21. The molecular formula is C15H24ClNO. The van der Waals surface area contributed by atoms with Crippen molar-refractivity contribution in [3.63, 3.8) is 0 Å². The number of hydrogen-bond donors (Lipinski definition) is 1. The maximum absolute atomic E-state index is 10.4. The predicted octanol–water partition coefficient (Wildman–Crippen LogP) is 2.65. The Balaban J connectivity index is 1.98. The van der Waals surface area contributed by atoms with Crippen LogP contribution in [0.2, 0.25) is 0 Å². The zero-order chi connectivity index (χ0) is 12.9. The van der Waals surface area contributed by atoms with Gasteiger partial charge in [-0.15, -0.1) is 11.6 Å². The van der Waals surface area contributed by atoms with E-state index in [0.29, 0.717) is 17.8 Å². The van der Waals surface area contributed by atoms with E-state index in [9.17, 15) is 5.11 Å². The number of nitrogens with zero attached hydrogens (tertiary/aromatic N) is 1. The Morgan fingerprint density at radius 2 is 2.11 bits per heavy atom. The van der Waals surface area contributed by atoms with Crippen molar-refractivity contribution in [1.29, 1.82) is 0 Å². The van der Waals surface area contributed by atoms with Gasteiger partial charge in [-0.05, 0) is 44.6 Å². The van der Waals surface area contributed by atoms with Gasteiger partial charge in [-0.3, -0.25) is 0 Å². The second kappa shape index (κ2) is 4.81. The van der Waals surface area contributed by atoms with Crippen molar-refractivity contribution < 1.29 is 5.11 Å².